The van der Waals surface area contributed by atoms with Crippen LogP contribution in [0.15, 0.2) is 90.2 Å². The lowest BCUT2D eigenvalue weighted by Gasteiger charge is -2.20. The summed E-state index contributed by atoms with van der Waals surface area (Å²) in [5.41, 5.74) is 9.39. The molecule has 0 amide bonds. The standard InChI is InChI=1S/C31H25N7O2/c1-20(16-26(39)28-29(32)35-37-15-7-14-33-30(28)37)25-17-23-9-6-8-22(13-12-21-18-34-36(2)19-21)27(23)31(40)38(25)24-10-4-3-5-11-24/h3-11,14-15,17-20H,16H2,1-2H3,(H2,32,35)/t20-/m1/s1. The third kappa shape index (κ3) is 4.41. The average molecular weight is 528 g/mol. The number of anilines is 1. The topological polar surface area (TPSA) is 113 Å². The molecule has 0 aliphatic carbocycles. The number of hydrogen-bond acceptors (Lipinski definition) is 6. The van der Waals surface area contributed by atoms with Crippen LogP contribution in [0.1, 0.15) is 46.4 Å². The highest BCUT2D eigenvalue weighted by Gasteiger charge is 2.24. The molecule has 0 saturated carbocycles. The Morgan fingerprint density at radius 1 is 1.07 bits per heavy atom. The monoisotopic (exact) mass is 527 g/mol. The van der Waals surface area contributed by atoms with Crippen LogP contribution in [0.3, 0.4) is 0 Å². The first-order valence-electron chi connectivity index (χ1n) is 12.8. The van der Waals surface area contributed by atoms with Crippen molar-refractivity contribution in [2.75, 3.05) is 5.73 Å². The summed E-state index contributed by atoms with van der Waals surface area (Å²) in [6.45, 7) is 1.93. The van der Waals surface area contributed by atoms with Crippen molar-refractivity contribution in [1.82, 2.24) is 28.9 Å². The van der Waals surface area contributed by atoms with Gasteiger partial charge in [-0.25, -0.2) is 9.50 Å². The molecule has 1 atom stereocenters. The maximum absolute atomic E-state index is 14.2. The Hall–Kier alpha value is -5.49. The highest BCUT2D eigenvalue weighted by atomic mass is 16.1. The number of aryl methyl sites for hydroxylation is 1. The van der Waals surface area contributed by atoms with Gasteiger partial charge in [-0.2, -0.15) is 5.10 Å². The largest absolute Gasteiger partial charge is 0.382 e. The van der Waals surface area contributed by atoms with E-state index in [1.165, 1.54) is 4.52 Å². The van der Waals surface area contributed by atoms with E-state index in [-0.39, 0.29) is 35.1 Å². The second-order valence-corrected chi connectivity index (χ2v) is 9.64. The van der Waals surface area contributed by atoms with Crippen LogP contribution in [-0.2, 0) is 7.05 Å². The molecule has 2 aromatic carbocycles. The Labute approximate surface area is 229 Å². The number of Topliss-reactive ketones (excluding diaryl/α,β-unsaturated/α-hetero) is 1. The molecule has 40 heavy (non-hydrogen) atoms. The Kier molecular flexibility index (Phi) is 6.21. The first-order chi connectivity index (χ1) is 19.4. The van der Waals surface area contributed by atoms with Gasteiger partial charge in [0.2, 0.25) is 0 Å². The van der Waals surface area contributed by atoms with E-state index in [2.05, 4.69) is 27.0 Å². The van der Waals surface area contributed by atoms with E-state index in [0.717, 1.165) is 10.9 Å². The molecule has 0 radical (unpaired) electrons. The van der Waals surface area contributed by atoms with Gasteiger partial charge in [0.15, 0.2) is 17.2 Å². The summed E-state index contributed by atoms with van der Waals surface area (Å²) in [5, 5.41) is 9.65. The maximum atomic E-state index is 14.2. The summed E-state index contributed by atoms with van der Waals surface area (Å²) in [4.78, 5) is 32.0. The Bertz CT molecular complexity index is 2020. The molecule has 0 unspecified atom stereocenters. The van der Waals surface area contributed by atoms with Crippen LogP contribution in [0, 0.1) is 11.8 Å². The van der Waals surface area contributed by atoms with Crippen LogP contribution in [-0.4, -0.2) is 34.7 Å². The molecule has 0 spiro atoms. The molecule has 196 valence electrons. The van der Waals surface area contributed by atoms with Crippen molar-refractivity contribution in [3.05, 3.63) is 118 Å². The van der Waals surface area contributed by atoms with Crippen LogP contribution >= 0.6 is 0 Å². The van der Waals surface area contributed by atoms with E-state index in [1.807, 2.05) is 74.8 Å². The van der Waals surface area contributed by atoms with E-state index in [1.54, 1.807) is 33.9 Å². The van der Waals surface area contributed by atoms with Gasteiger partial charge in [0, 0.05) is 54.9 Å². The van der Waals surface area contributed by atoms with Crippen LogP contribution in [0.25, 0.3) is 22.1 Å². The third-order valence-electron chi connectivity index (χ3n) is 6.83. The molecule has 6 rings (SSSR count). The van der Waals surface area contributed by atoms with E-state index < -0.39 is 0 Å². The van der Waals surface area contributed by atoms with Gasteiger partial charge in [0.25, 0.3) is 5.56 Å². The molecule has 9 nitrogen and oxygen atoms in total. The molecule has 0 fully saturated rings. The molecule has 4 heterocycles. The minimum atomic E-state index is -0.326. The number of aromatic nitrogens is 6. The van der Waals surface area contributed by atoms with Crippen molar-refractivity contribution in [1.29, 1.82) is 0 Å². The normalized spacial score (nSPS) is 11.8. The molecule has 0 bridgehead atoms. The number of carbonyl (C=O) groups excluding carboxylic acids is 1. The van der Waals surface area contributed by atoms with Gasteiger partial charge in [-0.1, -0.05) is 49.1 Å². The number of pyridine rings is 1. The first kappa shape index (κ1) is 24.8. The number of hydrogen-bond donors (Lipinski definition) is 1. The number of ketones is 1. The summed E-state index contributed by atoms with van der Waals surface area (Å²) in [7, 11) is 1.83. The number of benzene rings is 2. The smallest absolute Gasteiger partial charge is 0.264 e. The van der Waals surface area contributed by atoms with Crippen molar-refractivity contribution >= 4 is 28.0 Å². The van der Waals surface area contributed by atoms with Gasteiger partial charge in [0.1, 0.15) is 5.56 Å². The first-order valence-corrected chi connectivity index (χ1v) is 12.8. The number of fused-ring (bicyclic) bond motifs is 2. The number of nitrogens with two attached hydrogens (primary N) is 1. The van der Waals surface area contributed by atoms with Crippen LogP contribution in [0.2, 0.25) is 0 Å². The predicted molar refractivity (Wildman–Crippen MR) is 153 cm³/mol. The number of nitrogen functional groups attached to an aromatic ring is 1. The van der Waals surface area contributed by atoms with Crippen molar-refractivity contribution in [2.24, 2.45) is 7.05 Å². The van der Waals surface area contributed by atoms with Gasteiger partial charge in [-0.05, 0) is 35.7 Å². The predicted octanol–water partition coefficient (Wildman–Crippen LogP) is 4.13. The van der Waals surface area contributed by atoms with E-state index in [4.69, 9.17) is 5.73 Å². The second kappa shape index (κ2) is 10.0. The lowest BCUT2D eigenvalue weighted by Crippen LogP contribution is -2.24. The quantitative estimate of drug-likeness (QED) is 0.267. The van der Waals surface area contributed by atoms with Crippen LogP contribution < -0.4 is 11.3 Å². The average Bonchev–Trinajstić information content (AvgIpc) is 3.53. The van der Waals surface area contributed by atoms with Gasteiger partial charge < -0.3 is 5.73 Å². The molecule has 2 N–H and O–H groups in total. The Morgan fingerprint density at radius 2 is 1.90 bits per heavy atom. The van der Waals surface area contributed by atoms with Crippen LogP contribution in [0.5, 0.6) is 0 Å². The van der Waals surface area contributed by atoms with Gasteiger partial charge >= 0.3 is 0 Å². The molecule has 0 aliphatic heterocycles. The van der Waals surface area contributed by atoms with Gasteiger partial charge in [0.05, 0.1) is 17.1 Å². The van der Waals surface area contributed by atoms with Crippen molar-refractivity contribution in [3.63, 3.8) is 0 Å². The minimum Gasteiger partial charge on any atom is -0.382 e. The highest BCUT2D eigenvalue weighted by molar-refractivity contribution is 6.06. The Morgan fingerprint density at radius 3 is 2.67 bits per heavy atom. The number of nitrogens with zero attached hydrogens (tertiary/aromatic N) is 6. The number of carbonyl (C=O) groups is 1. The fraction of sp³-hybridized carbons (Fsp3) is 0.129. The SMILES string of the molecule is C[C@H](CC(=O)c1c(N)nn2cccnc12)c1cc2cccc(C#Cc3cnn(C)c3)c2c(=O)n1-c1ccccc1. The fourth-order valence-corrected chi connectivity index (χ4v) is 4.97. The fourth-order valence-electron chi connectivity index (χ4n) is 4.97. The molecular weight excluding hydrogens is 502 g/mol. The summed E-state index contributed by atoms with van der Waals surface area (Å²) in [6.07, 6.45) is 6.92. The summed E-state index contributed by atoms with van der Waals surface area (Å²) < 4.78 is 4.85. The van der Waals surface area contributed by atoms with E-state index in [0.29, 0.717) is 28.0 Å². The van der Waals surface area contributed by atoms with Crippen molar-refractivity contribution in [3.8, 4) is 17.5 Å². The van der Waals surface area contributed by atoms with Crippen molar-refractivity contribution in [2.45, 2.75) is 19.3 Å². The van der Waals surface area contributed by atoms with E-state index >= 15 is 0 Å². The van der Waals surface area contributed by atoms with Gasteiger partial charge in [-0.3, -0.25) is 18.8 Å². The number of para-hydroxylation sites is 1. The zero-order chi connectivity index (χ0) is 27.8. The summed E-state index contributed by atoms with van der Waals surface area (Å²) in [5.74, 6) is 5.88. The molecule has 4 aromatic heterocycles. The molecule has 6 aromatic rings. The minimum absolute atomic E-state index is 0.112. The van der Waals surface area contributed by atoms with Crippen LogP contribution in [0.4, 0.5) is 5.82 Å². The van der Waals surface area contributed by atoms with Gasteiger partial charge in [-0.15, -0.1) is 5.10 Å². The molecular formula is C31H25N7O2. The molecule has 9 heteroatoms. The molecule has 0 saturated heterocycles. The zero-order valence-corrected chi connectivity index (χ0v) is 21.9. The number of rotatable bonds is 5. The second-order valence-electron chi connectivity index (χ2n) is 9.64. The maximum Gasteiger partial charge on any atom is 0.264 e. The lowest BCUT2D eigenvalue weighted by molar-refractivity contribution is 0.0977. The molecule has 0 aliphatic rings. The summed E-state index contributed by atoms with van der Waals surface area (Å²) in [6, 6.07) is 18.7. The lowest BCUT2D eigenvalue weighted by atomic mass is 9.94. The van der Waals surface area contributed by atoms with Crippen molar-refractivity contribution < 1.29 is 4.79 Å². The zero-order valence-electron chi connectivity index (χ0n) is 21.9. The highest BCUT2D eigenvalue weighted by Crippen LogP contribution is 2.28. The third-order valence-corrected chi connectivity index (χ3v) is 6.83. The Balaban J connectivity index is 1.48. The summed E-state index contributed by atoms with van der Waals surface area (Å²) >= 11 is 0. The van der Waals surface area contributed by atoms with E-state index in [9.17, 15) is 9.59 Å².